The van der Waals surface area contributed by atoms with Crippen LogP contribution in [0.1, 0.15) is 59.4 Å². The quantitative estimate of drug-likeness (QED) is 0.340. The fourth-order valence-electron chi connectivity index (χ4n) is 5.59. The minimum absolute atomic E-state index is 0.704. The summed E-state index contributed by atoms with van der Waals surface area (Å²) in [5.41, 5.74) is 10.2. The van der Waals surface area contributed by atoms with Gasteiger partial charge in [0.2, 0.25) is 0 Å². The molecule has 1 aliphatic rings. The maximum absolute atomic E-state index is 4.79. The zero-order valence-corrected chi connectivity index (χ0v) is 17.8. The van der Waals surface area contributed by atoms with Gasteiger partial charge in [-0.15, -0.1) is 0 Å². The van der Waals surface area contributed by atoms with Crippen molar-refractivity contribution in [2.24, 2.45) is 0 Å². The van der Waals surface area contributed by atoms with Gasteiger partial charge in [-0.3, -0.25) is 0 Å². The molecule has 1 fully saturated rings. The maximum atomic E-state index is 4.79. The number of nitrogens with zero attached hydrogens (tertiary/aromatic N) is 2. The first-order valence-corrected chi connectivity index (χ1v) is 10.8. The molecule has 3 aromatic carbocycles. The lowest BCUT2D eigenvalue weighted by Crippen LogP contribution is -2.01. The van der Waals surface area contributed by atoms with E-state index >= 15 is 0 Å². The molecular weight excluding hydrogens is 352 g/mol. The second-order valence-electron chi connectivity index (χ2n) is 8.87. The van der Waals surface area contributed by atoms with E-state index in [0.29, 0.717) is 5.92 Å². The van der Waals surface area contributed by atoms with Gasteiger partial charge in [0, 0.05) is 16.3 Å². The highest BCUT2D eigenvalue weighted by atomic mass is 14.8. The Morgan fingerprint density at radius 3 is 2.28 bits per heavy atom. The van der Waals surface area contributed by atoms with Crippen molar-refractivity contribution in [2.45, 2.75) is 59.3 Å². The lowest BCUT2D eigenvalue weighted by atomic mass is 9.85. The molecule has 5 rings (SSSR count). The van der Waals surface area contributed by atoms with E-state index in [1.807, 2.05) is 0 Å². The van der Waals surface area contributed by atoms with Crippen LogP contribution in [0.25, 0.3) is 32.9 Å². The molecule has 4 aromatic rings. The zero-order valence-electron chi connectivity index (χ0n) is 17.8. The normalized spacial score (nSPS) is 14.9. The molecule has 0 aliphatic heterocycles. The molecule has 29 heavy (non-hydrogen) atoms. The summed E-state index contributed by atoms with van der Waals surface area (Å²) in [6, 6.07) is 13.5. The topological polar surface area (TPSA) is 25.8 Å². The summed E-state index contributed by atoms with van der Waals surface area (Å²) in [4.78, 5) is 9.49. The predicted octanol–water partition coefficient (Wildman–Crippen LogP) is 7.34. The van der Waals surface area contributed by atoms with Crippen LogP contribution in [0.2, 0.25) is 0 Å². The van der Waals surface area contributed by atoms with Crippen molar-refractivity contribution >= 4 is 21.7 Å². The smallest absolute Gasteiger partial charge is 0.116 e. The first kappa shape index (κ1) is 18.3. The van der Waals surface area contributed by atoms with E-state index in [9.17, 15) is 0 Å². The lowest BCUT2D eigenvalue weighted by Gasteiger charge is -2.20. The SMILES string of the molecule is Cc1cc(C)cc(-c2ncnc3c2ccc2cc(C)c(C4CCCC4)c(C)c23)c1. The maximum Gasteiger partial charge on any atom is 0.116 e. The highest BCUT2D eigenvalue weighted by Crippen LogP contribution is 2.41. The van der Waals surface area contributed by atoms with Crippen molar-refractivity contribution in [1.82, 2.24) is 9.97 Å². The van der Waals surface area contributed by atoms with E-state index in [2.05, 4.69) is 64.1 Å². The third-order valence-corrected chi connectivity index (χ3v) is 6.67. The molecule has 0 N–H and O–H groups in total. The van der Waals surface area contributed by atoms with Crippen LogP contribution in [0.4, 0.5) is 0 Å². The minimum Gasteiger partial charge on any atom is -0.236 e. The Morgan fingerprint density at radius 1 is 0.828 bits per heavy atom. The van der Waals surface area contributed by atoms with Crippen LogP contribution in [0.5, 0.6) is 0 Å². The van der Waals surface area contributed by atoms with E-state index < -0.39 is 0 Å². The van der Waals surface area contributed by atoms with Gasteiger partial charge < -0.3 is 0 Å². The molecule has 0 amide bonds. The van der Waals surface area contributed by atoms with Gasteiger partial charge in [-0.05, 0) is 86.7 Å². The summed E-state index contributed by atoms with van der Waals surface area (Å²) < 4.78 is 0. The molecule has 2 heteroatoms. The van der Waals surface area contributed by atoms with Gasteiger partial charge in [0.15, 0.2) is 0 Å². The van der Waals surface area contributed by atoms with E-state index in [-0.39, 0.29) is 0 Å². The molecule has 1 saturated carbocycles. The van der Waals surface area contributed by atoms with Gasteiger partial charge >= 0.3 is 0 Å². The number of hydrogen-bond acceptors (Lipinski definition) is 2. The summed E-state index contributed by atoms with van der Waals surface area (Å²) in [6.45, 7) is 8.89. The average Bonchev–Trinajstić information content (AvgIpc) is 3.20. The number of fused-ring (bicyclic) bond motifs is 3. The van der Waals surface area contributed by atoms with Crippen LogP contribution in [-0.2, 0) is 0 Å². The summed E-state index contributed by atoms with van der Waals surface area (Å²) in [7, 11) is 0. The highest BCUT2D eigenvalue weighted by Gasteiger charge is 2.23. The largest absolute Gasteiger partial charge is 0.236 e. The molecule has 0 saturated heterocycles. The van der Waals surface area contributed by atoms with Crippen molar-refractivity contribution in [1.29, 1.82) is 0 Å². The van der Waals surface area contributed by atoms with Crippen molar-refractivity contribution < 1.29 is 0 Å². The molecule has 0 atom stereocenters. The van der Waals surface area contributed by atoms with Gasteiger partial charge in [0.1, 0.15) is 6.33 Å². The van der Waals surface area contributed by atoms with Crippen LogP contribution in [0.3, 0.4) is 0 Å². The predicted molar refractivity (Wildman–Crippen MR) is 123 cm³/mol. The number of aromatic nitrogens is 2. The molecule has 0 radical (unpaired) electrons. The van der Waals surface area contributed by atoms with E-state index in [1.54, 1.807) is 11.9 Å². The second kappa shape index (κ2) is 6.95. The van der Waals surface area contributed by atoms with Gasteiger partial charge in [0.05, 0.1) is 11.2 Å². The zero-order chi connectivity index (χ0) is 20.1. The average molecular weight is 381 g/mol. The minimum atomic E-state index is 0.704. The van der Waals surface area contributed by atoms with Crippen LogP contribution in [0.15, 0.2) is 42.7 Å². The first-order valence-electron chi connectivity index (χ1n) is 10.8. The number of rotatable bonds is 2. The fourth-order valence-corrected chi connectivity index (χ4v) is 5.59. The third kappa shape index (κ3) is 3.02. The van der Waals surface area contributed by atoms with Crippen molar-refractivity contribution in [3.8, 4) is 11.3 Å². The molecular formula is C27H28N2. The first-order chi connectivity index (χ1) is 14.0. The molecule has 1 heterocycles. The molecule has 146 valence electrons. The molecule has 0 bridgehead atoms. The summed E-state index contributed by atoms with van der Waals surface area (Å²) in [5, 5.41) is 3.75. The fraction of sp³-hybridized carbons (Fsp3) is 0.333. The summed E-state index contributed by atoms with van der Waals surface area (Å²) in [5.74, 6) is 0.704. The van der Waals surface area contributed by atoms with Crippen molar-refractivity contribution in [2.75, 3.05) is 0 Å². The van der Waals surface area contributed by atoms with Gasteiger partial charge in [-0.2, -0.15) is 0 Å². The van der Waals surface area contributed by atoms with Gasteiger partial charge in [0.25, 0.3) is 0 Å². The van der Waals surface area contributed by atoms with E-state index in [1.165, 1.54) is 64.3 Å². The molecule has 1 aromatic heterocycles. The Morgan fingerprint density at radius 2 is 1.55 bits per heavy atom. The van der Waals surface area contributed by atoms with Crippen molar-refractivity contribution in [3.05, 3.63) is 70.5 Å². The molecule has 0 spiro atoms. The van der Waals surface area contributed by atoms with Crippen LogP contribution < -0.4 is 0 Å². The van der Waals surface area contributed by atoms with E-state index in [0.717, 1.165) is 16.6 Å². The van der Waals surface area contributed by atoms with Gasteiger partial charge in [-0.25, -0.2) is 9.97 Å². The summed E-state index contributed by atoms with van der Waals surface area (Å²) >= 11 is 0. The van der Waals surface area contributed by atoms with Crippen molar-refractivity contribution in [3.63, 3.8) is 0 Å². The van der Waals surface area contributed by atoms with Crippen LogP contribution >= 0.6 is 0 Å². The molecule has 1 aliphatic carbocycles. The Bertz CT molecular complexity index is 1230. The highest BCUT2D eigenvalue weighted by molar-refractivity contribution is 6.11. The molecule has 0 unspecified atom stereocenters. The monoisotopic (exact) mass is 380 g/mol. The number of aryl methyl sites for hydroxylation is 4. The van der Waals surface area contributed by atoms with Crippen LogP contribution in [-0.4, -0.2) is 9.97 Å². The lowest BCUT2D eigenvalue weighted by molar-refractivity contribution is 0.714. The van der Waals surface area contributed by atoms with E-state index in [4.69, 9.17) is 9.97 Å². The standard InChI is InChI=1S/C27H28N2/c1-16-11-17(2)13-22(12-16)26-23-10-9-21-14-18(3)24(20-7-5-6-8-20)19(4)25(21)27(23)29-15-28-26/h9-15,20H,5-8H2,1-4H3. The number of hydrogen-bond donors (Lipinski definition) is 0. The van der Waals surface area contributed by atoms with Gasteiger partial charge in [-0.1, -0.05) is 42.2 Å². The molecule has 2 nitrogen and oxygen atoms in total. The Balaban J connectivity index is 1.82. The van der Waals surface area contributed by atoms with Crippen LogP contribution in [0, 0.1) is 27.7 Å². The number of benzene rings is 3. The Hall–Kier alpha value is -2.74. The summed E-state index contributed by atoms with van der Waals surface area (Å²) in [6.07, 6.45) is 7.09. The third-order valence-electron chi connectivity index (χ3n) is 6.67. The second-order valence-corrected chi connectivity index (χ2v) is 8.87. The Kier molecular flexibility index (Phi) is 4.38. The Labute approximate surface area is 173 Å².